The number of benzene rings is 3. The van der Waals surface area contributed by atoms with Crippen molar-refractivity contribution in [2.75, 3.05) is 39.8 Å². The fraction of sp³-hybridized carbons (Fsp3) is 0.310. The van der Waals surface area contributed by atoms with E-state index in [0.717, 1.165) is 28.8 Å². The molecule has 37 heavy (non-hydrogen) atoms. The van der Waals surface area contributed by atoms with Gasteiger partial charge in [0, 0.05) is 12.2 Å². The van der Waals surface area contributed by atoms with Crippen LogP contribution < -0.4 is 19.5 Å². The van der Waals surface area contributed by atoms with Crippen LogP contribution in [-0.2, 0) is 11.2 Å². The van der Waals surface area contributed by atoms with Crippen LogP contribution in [0.4, 0.5) is 5.69 Å². The number of esters is 1. The van der Waals surface area contributed by atoms with Gasteiger partial charge in [-0.25, -0.2) is 4.79 Å². The van der Waals surface area contributed by atoms with E-state index in [4.69, 9.17) is 31.2 Å². The Balaban J connectivity index is 1.63. The molecule has 0 aromatic heterocycles. The van der Waals surface area contributed by atoms with E-state index in [9.17, 15) is 4.79 Å². The van der Waals surface area contributed by atoms with Crippen molar-refractivity contribution in [1.29, 1.82) is 0 Å². The summed E-state index contributed by atoms with van der Waals surface area (Å²) >= 11 is 5.91. The number of carbonyl (C=O) groups is 1. The third-order valence-electron chi connectivity index (χ3n) is 6.57. The Bertz CT molecular complexity index is 1290. The van der Waals surface area contributed by atoms with E-state index in [1.165, 1.54) is 12.7 Å². The minimum Gasteiger partial charge on any atom is -0.493 e. The summed E-state index contributed by atoms with van der Waals surface area (Å²) in [5.41, 5.74) is 6.01. The molecule has 0 unspecified atom stereocenters. The largest absolute Gasteiger partial charge is 0.493 e. The van der Waals surface area contributed by atoms with Crippen LogP contribution in [0.1, 0.15) is 38.7 Å². The van der Waals surface area contributed by atoms with Crippen molar-refractivity contribution >= 4 is 29.0 Å². The molecule has 7 nitrogen and oxygen atoms in total. The molecule has 4 rings (SSSR count). The van der Waals surface area contributed by atoms with E-state index < -0.39 is 0 Å². The van der Waals surface area contributed by atoms with Crippen LogP contribution in [0.25, 0.3) is 0 Å². The predicted octanol–water partition coefficient (Wildman–Crippen LogP) is 5.48. The molecular formula is C29H32N2O5S. The minimum absolute atomic E-state index is 0.172. The highest BCUT2D eigenvalue weighted by Crippen LogP contribution is 2.39. The van der Waals surface area contributed by atoms with Crippen molar-refractivity contribution < 1.29 is 23.7 Å². The molecule has 1 aliphatic rings. The smallest absolute Gasteiger partial charge is 0.337 e. The summed E-state index contributed by atoms with van der Waals surface area (Å²) < 4.78 is 22.1. The van der Waals surface area contributed by atoms with Crippen molar-refractivity contribution in [2.45, 2.75) is 26.3 Å². The zero-order valence-corrected chi connectivity index (χ0v) is 22.6. The average molecular weight is 521 g/mol. The molecule has 8 heteroatoms. The van der Waals surface area contributed by atoms with Crippen molar-refractivity contribution in [3.05, 3.63) is 82.4 Å². The Labute approximate surface area is 223 Å². The van der Waals surface area contributed by atoms with Gasteiger partial charge in [0.1, 0.15) is 12.4 Å². The van der Waals surface area contributed by atoms with Crippen molar-refractivity contribution in [3.63, 3.8) is 0 Å². The molecule has 1 N–H and O–H groups in total. The number of anilines is 1. The van der Waals surface area contributed by atoms with E-state index >= 15 is 0 Å². The lowest BCUT2D eigenvalue weighted by molar-refractivity contribution is 0.0600. The molecule has 0 aliphatic carbocycles. The van der Waals surface area contributed by atoms with E-state index in [2.05, 4.69) is 42.3 Å². The molecule has 0 saturated heterocycles. The maximum Gasteiger partial charge on any atom is 0.337 e. The molecule has 0 amide bonds. The second-order valence-corrected chi connectivity index (χ2v) is 9.33. The monoisotopic (exact) mass is 520 g/mol. The number of rotatable bonds is 7. The van der Waals surface area contributed by atoms with E-state index in [1.54, 1.807) is 38.5 Å². The summed E-state index contributed by atoms with van der Waals surface area (Å²) in [5.74, 6) is 1.61. The average Bonchev–Trinajstić information content (AvgIpc) is 2.92. The Morgan fingerprint density at radius 3 is 2.35 bits per heavy atom. The van der Waals surface area contributed by atoms with Gasteiger partial charge in [-0.05, 0) is 91.6 Å². The normalized spacial score (nSPS) is 14.4. The lowest BCUT2D eigenvalue weighted by Gasteiger charge is -2.39. The van der Waals surface area contributed by atoms with Gasteiger partial charge in [-0.2, -0.15) is 0 Å². The standard InChI is InChI=1S/C29H32N2O5S/c1-18-6-11-24(19(2)14-18)30-29(37)31-13-12-21-15-26(33-3)27(34-4)16-23(21)25(31)17-36-22-9-7-20(8-10-22)28(32)35-5/h6-11,14-16,25H,12-13,17H2,1-5H3,(H,30,37)/t25-/m0/s1. The Morgan fingerprint density at radius 2 is 1.70 bits per heavy atom. The second-order valence-electron chi connectivity index (χ2n) is 8.94. The van der Waals surface area contributed by atoms with Gasteiger partial charge in [0.15, 0.2) is 16.6 Å². The Hall–Kier alpha value is -3.78. The van der Waals surface area contributed by atoms with Crippen LogP contribution in [0.2, 0.25) is 0 Å². The molecule has 1 aliphatic heterocycles. The summed E-state index contributed by atoms with van der Waals surface area (Å²) in [6.07, 6.45) is 0.800. The first kappa shape index (κ1) is 26.3. The first-order valence-corrected chi connectivity index (χ1v) is 12.5. The first-order valence-electron chi connectivity index (χ1n) is 12.1. The highest BCUT2D eigenvalue weighted by molar-refractivity contribution is 7.80. The third kappa shape index (κ3) is 5.80. The molecule has 0 bridgehead atoms. The number of ether oxygens (including phenoxy) is 4. The molecular weight excluding hydrogens is 488 g/mol. The SMILES string of the molecule is COC(=O)c1ccc(OC[C@H]2c3cc(OC)c(OC)cc3CCN2C(=S)Nc2ccc(C)cc2C)cc1. The quantitative estimate of drug-likeness (QED) is 0.324. The fourth-order valence-electron chi connectivity index (χ4n) is 4.57. The highest BCUT2D eigenvalue weighted by atomic mass is 32.1. The summed E-state index contributed by atoms with van der Waals surface area (Å²) in [5, 5.41) is 4.06. The molecule has 0 saturated carbocycles. The molecule has 1 heterocycles. The van der Waals surface area contributed by atoms with Crippen LogP contribution in [0, 0.1) is 13.8 Å². The van der Waals surface area contributed by atoms with Crippen LogP contribution >= 0.6 is 12.2 Å². The number of hydrogen-bond acceptors (Lipinski definition) is 6. The van der Waals surface area contributed by atoms with Gasteiger partial charge in [-0.1, -0.05) is 17.7 Å². The summed E-state index contributed by atoms with van der Waals surface area (Å²) in [6.45, 7) is 5.20. The summed E-state index contributed by atoms with van der Waals surface area (Å²) in [6, 6.07) is 17.0. The maximum absolute atomic E-state index is 11.8. The van der Waals surface area contributed by atoms with Gasteiger partial charge >= 0.3 is 5.97 Å². The molecule has 194 valence electrons. The van der Waals surface area contributed by atoms with Gasteiger partial charge < -0.3 is 29.2 Å². The second kappa shape index (κ2) is 11.5. The van der Waals surface area contributed by atoms with E-state index in [-0.39, 0.29) is 12.0 Å². The van der Waals surface area contributed by atoms with Crippen LogP contribution in [0.3, 0.4) is 0 Å². The molecule has 0 radical (unpaired) electrons. The number of nitrogens with one attached hydrogen (secondary N) is 1. The number of methoxy groups -OCH3 is 3. The van der Waals surface area contributed by atoms with Crippen molar-refractivity contribution in [2.24, 2.45) is 0 Å². The van der Waals surface area contributed by atoms with Crippen molar-refractivity contribution in [3.8, 4) is 17.2 Å². The molecule has 1 atom stereocenters. The first-order chi connectivity index (χ1) is 17.8. The topological polar surface area (TPSA) is 69.3 Å². The summed E-state index contributed by atoms with van der Waals surface area (Å²) in [4.78, 5) is 13.9. The van der Waals surface area contributed by atoms with Crippen LogP contribution in [0.15, 0.2) is 54.6 Å². The molecule has 3 aromatic rings. The lowest BCUT2D eigenvalue weighted by Crippen LogP contribution is -2.44. The van der Waals surface area contributed by atoms with Crippen LogP contribution in [-0.4, -0.2) is 50.5 Å². The third-order valence-corrected chi connectivity index (χ3v) is 6.91. The zero-order valence-electron chi connectivity index (χ0n) is 21.8. The number of fused-ring (bicyclic) bond motifs is 1. The number of hydrogen-bond donors (Lipinski definition) is 1. The van der Waals surface area contributed by atoms with E-state index in [0.29, 0.717) is 41.1 Å². The Kier molecular flexibility index (Phi) is 8.18. The Morgan fingerprint density at radius 1 is 1.00 bits per heavy atom. The molecule has 0 fully saturated rings. The number of thiocarbonyl (C=S) groups is 1. The zero-order chi connectivity index (χ0) is 26.5. The highest BCUT2D eigenvalue weighted by Gasteiger charge is 2.31. The maximum atomic E-state index is 11.8. The van der Waals surface area contributed by atoms with Crippen molar-refractivity contribution in [1.82, 2.24) is 4.90 Å². The molecule has 3 aromatic carbocycles. The van der Waals surface area contributed by atoms with Gasteiger partial charge in [0.2, 0.25) is 0 Å². The molecule has 0 spiro atoms. The number of carbonyl (C=O) groups excluding carboxylic acids is 1. The van der Waals surface area contributed by atoms with Crippen LogP contribution in [0.5, 0.6) is 17.2 Å². The fourth-order valence-corrected chi connectivity index (χ4v) is 4.90. The van der Waals surface area contributed by atoms with Gasteiger partial charge in [-0.3, -0.25) is 0 Å². The lowest BCUT2D eigenvalue weighted by atomic mass is 9.92. The predicted molar refractivity (Wildman–Crippen MR) is 148 cm³/mol. The number of nitrogens with zero attached hydrogens (tertiary/aromatic N) is 1. The minimum atomic E-state index is -0.386. The van der Waals surface area contributed by atoms with E-state index in [1.807, 2.05) is 12.1 Å². The van der Waals surface area contributed by atoms with Gasteiger partial charge in [0.25, 0.3) is 0 Å². The number of aryl methyl sites for hydroxylation is 2. The van der Waals surface area contributed by atoms with Gasteiger partial charge in [-0.15, -0.1) is 0 Å². The summed E-state index contributed by atoms with van der Waals surface area (Å²) in [7, 11) is 4.63. The van der Waals surface area contributed by atoms with Gasteiger partial charge in [0.05, 0.1) is 32.9 Å².